The molecular formula is C22H38IN3O3. The largest absolute Gasteiger partial charge is 0.493 e. The fourth-order valence-corrected chi connectivity index (χ4v) is 2.63. The lowest BCUT2D eigenvalue weighted by Crippen LogP contribution is -2.39. The Morgan fingerprint density at radius 3 is 2.45 bits per heavy atom. The summed E-state index contributed by atoms with van der Waals surface area (Å²) in [7, 11) is 0. The molecule has 1 aliphatic carbocycles. The number of hydrogen-bond acceptors (Lipinski definition) is 4. The van der Waals surface area contributed by atoms with E-state index in [9.17, 15) is 5.11 Å². The number of hydrogen-bond donors (Lipinski definition) is 3. The van der Waals surface area contributed by atoms with Gasteiger partial charge in [0.25, 0.3) is 0 Å². The number of aliphatic imine (C=N–C) groups is 1. The van der Waals surface area contributed by atoms with Crippen molar-refractivity contribution in [3.8, 4) is 5.75 Å². The Kier molecular flexibility index (Phi) is 12.6. The zero-order valence-corrected chi connectivity index (χ0v) is 20.5. The molecule has 29 heavy (non-hydrogen) atoms. The lowest BCUT2D eigenvalue weighted by molar-refractivity contribution is 0.0368. The van der Waals surface area contributed by atoms with Gasteiger partial charge in [0.15, 0.2) is 5.96 Å². The molecule has 0 aliphatic heterocycles. The van der Waals surface area contributed by atoms with Gasteiger partial charge in [-0.2, -0.15) is 0 Å². The molecule has 0 heterocycles. The Hall–Kier alpha value is -1.06. The first-order valence-corrected chi connectivity index (χ1v) is 10.5. The van der Waals surface area contributed by atoms with Gasteiger partial charge in [0.2, 0.25) is 0 Å². The van der Waals surface area contributed by atoms with Crippen LogP contribution in [0.1, 0.15) is 52.1 Å². The number of aliphatic hydroxyl groups is 1. The third-order valence-corrected chi connectivity index (χ3v) is 4.48. The second-order valence-electron chi connectivity index (χ2n) is 7.99. The maximum absolute atomic E-state index is 10.1. The zero-order valence-electron chi connectivity index (χ0n) is 18.2. The molecule has 3 N–H and O–H groups in total. The van der Waals surface area contributed by atoms with Crippen LogP contribution in [0.3, 0.4) is 0 Å². The standard InChI is InChI=1S/C22H37N3O3.HI/c1-5-23-22(24-12-20(26)15-27-14-18-6-7-18)25-17(4)19-8-10-21(11-9-19)28-13-16(2)3;/h8-11,16-18,20,26H,5-7,12-15H2,1-4H3,(H2,23,24,25);1H. The summed E-state index contributed by atoms with van der Waals surface area (Å²) < 4.78 is 11.3. The molecule has 0 radical (unpaired) electrons. The molecule has 1 fully saturated rings. The molecule has 2 unspecified atom stereocenters. The molecular weight excluding hydrogens is 481 g/mol. The van der Waals surface area contributed by atoms with Crippen molar-refractivity contribution in [3.05, 3.63) is 29.8 Å². The average Bonchev–Trinajstić information content (AvgIpc) is 3.49. The van der Waals surface area contributed by atoms with E-state index in [0.29, 0.717) is 30.9 Å². The van der Waals surface area contributed by atoms with Gasteiger partial charge in [0.05, 0.1) is 31.9 Å². The van der Waals surface area contributed by atoms with E-state index in [2.05, 4.69) is 48.5 Å². The Morgan fingerprint density at radius 1 is 1.17 bits per heavy atom. The molecule has 0 aromatic heterocycles. The van der Waals surface area contributed by atoms with Crippen LogP contribution in [0.2, 0.25) is 0 Å². The van der Waals surface area contributed by atoms with Crippen molar-refractivity contribution < 1.29 is 14.6 Å². The van der Waals surface area contributed by atoms with E-state index in [1.807, 2.05) is 19.1 Å². The van der Waals surface area contributed by atoms with E-state index in [0.717, 1.165) is 31.1 Å². The number of nitrogens with zero attached hydrogens (tertiary/aromatic N) is 1. The van der Waals surface area contributed by atoms with E-state index < -0.39 is 6.10 Å². The first-order valence-electron chi connectivity index (χ1n) is 10.5. The maximum Gasteiger partial charge on any atom is 0.191 e. The van der Waals surface area contributed by atoms with Gasteiger partial charge in [-0.25, -0.2) is 0 Å². The zero-order chi connectivity index (χ0) is 20.4. The van der Waals surface area contributed by atoms with Gasteiger partial charge >= 0.3 is 0 Å². The normalized spacial score (nSPS) is 16.1. The fraction of sp³-hybridized carbons (Fsp3) is 0.682. The van der Waals surface area contributed by atoms with Crippen molar-refractivity contribution in [2.24, 2.45) is 16.8 Å². The van der Waals surface area contributed by atoms with Crippen molar-refractivity contribution in [2.45, 2.75) is 52.7 Å². The molecule has 1 aromatic rings. The molecule has 166 valence electrons. The summed E-state index contributed by atoms with van der Waals surface area (Å²) in [6.45, 7) is 11.3. The molecule has 0 spiro atoms. The van der Waals surface area contributed by atoms with Crippen molar-refractivity contribution in [1.29, 1.82) is 0 Å². The van der Waals surface area contributed by atoms with Crippen molar-refractivity contribution in [2.75, 3.05) is 32.9 Å². The Balaban J connectivity index is 0.00000420. The molecule has 1 aromatic carbocycles. The number of benzene rings is 1. The highest BCUT2D eigenvalue weighted by Gasteiger charge is 2.21. The molecule has 2 rings (SSSR count). The van der Waals surface area contributed by atoms with E-state index in [1.165, 1.54) is 12.8 Å². The fourth-order valence-electron chi connectivity index (χ4n) is 2.63. The van der Waals surface area contributed by atoms with Crippen LogP contribution in [-0.2, 0) is 4.74 Å². The minimum absolute atomic E-state index is 0. The number of ether oxygens (including phenoxy) is 2. The minimum Gasteiger partial charge on any atom is -0.493 e. The lowest BCUT2D eigenvalue weighted by Gasteiger charge is -2.19. The highest BCUT2D eigenvalue weighted by atomic mass is 127. The summed E-state index contributed by atoms with van der Waals surface area (Å²) >= 11 is 0. The van der Waals surface area contributed by atoms with Gasteiger partial charge in [-0.15, -0.1) is 24.0 Å². The second kappa shape index (κ2) is 14.0. The summed E-state index contributed by atoms with van der Waals surface area (Å²) in [5.74, 6) is 2.79. The predicted octanol–water partition coefficient (Wildman–Crippen LogP) is 3.74. The van der Waals surface area contributed by atoms with Gasteiger partial charge in [-0.05, 0) is 56.2 Å². The molecule has 1 saturated carbocycles. The minimum atomic E-state index is -0.582. The van der Waals surface area contributed by atoms with E-state index in [4.69, 9.17) is 9.47 Å². The van der Waals surface area contributed by atoms with Crippen LogP contribution < -0.4 is 15.4 Å². The number of nitrogens with one attached hydrogen (secondary N) is 2. The summed E-state index contributed by atoms with van der Waals surface area (Å²) in [5, 5.41) is 16.7. The Labute approximate surface area is 192 Å². The van der Waals surface area contributed by atoms with Gasteiger partial charge < -0.3 is 25.2 Å². The molecule has 6 nitrogen and oxygen atoms in total. The van der Waals surface area contributed by atoms with Crippen molar-refractivity contribution >= 4 is 29.9 Å². The summed E-state index contributed by atoms with van der Waals surface area (Å²) in [6, 6.07) is 8.22. The van der Waals surface area contributed by atoms with Gasteiger partial charge in [-0.1, -0.05) is 26.0 Å². The highest BCUT2D eigenvalue weighted by molar-refractivity contribution is 14.0. The van der Waals surface area contributed by atoms with Crippen LogP contribution in [0.15, 0.2) is 29.3 Å². The van der Waals surface area contributed by atoms with Crippen LogP contribution in [0.25, 0.3) is 0 Å². The van der Waals surface area contributed by atoms with Crippen molar-refractivity contribution in [3.63, 3.8) is 0 Å². The molecule has 0 bridgehead atoms. The number of halogens is 1. The average molecular weight is 519 g/mol. The van der Waals surface area contributed by atoms with E-state index in [1.54, 1.807) is 0 Å². The first-order chi connectivity index (χ1) is 13.5. The smallest absolute Gasteiger partial charge is 0.191 e. The SMILES string of the molecule is CCNC(=NCC(O)COCC1CC1)NC(C)c1ccc(OCC(C)C)cc1.I. The van der Waals surface area contributed by atoms with Crippen LogP contribution in [0, 0.1) is 11.8 Å². The number of rotatable bonds is 12. The van der Waals surface area contributed by atoms with Crippen LogP contribution in [-0.4, -0.2) is 50.1 Å². The molecule has 2 atom stereocenters. The Bertz CT molecular complexity index is 591. The molecule has 0 saturated heterocycles. The lowest BCUT2D eigenvalue weighted by atomic mass is 10.1. The monoisotopic (exact) mass is 519 g/mol. The molecule has 0 amide bonds. The van der Waals surface area contributed by atoms with Gasteiger partial charge in [0, 0.05) is 13.2 Å². The number of aliphatic hydroxyl groups excluding tert-OH is 1. The third kappa shape index (κ3) is 11.1. The van der Waals surface area contributed by atoms with Crippen molar-refractivity contribution in [1.82, 2.24) is 10.6 Å². The quantitative estimate of drug-likeness (QED) is 0.223. The molecule has 7 heteroatoms. The summed E-state index contributed by atoms with van der Waals surface area (Å²) in [4.78, 5) is 4.50. The van der Waals surface area contributed by atoms with Gasteiger partial charge in [0.1, 0.15) is 5.75 Å². The molecule has 1 aliphatic rings. The van der Waals surface area contributed by atoms with Crippen LogP contribution >= 0.6 is 24.0 Å². The topological polar surface area (TPSA) is 75.1 Å². The summed E-state index contributed by atoms with van der Waals surface area (Å²) in [6.07, 6.45) is 1.93. The number of guanidine groups is 1. The first kappa shape index (κ1) is 26.0. The second-order valence-corrected chi connectivity index (χ2v) is 7.99. The Morgan fingerprint density at radius 2 is 1.86 bits per heavy atom. The van der Waals surface area contributed by atoms with Crippen LogP contribution in [0.5, 0.6) is 5.75 Å². The maximum atomic E-state index is 10.1. The summed E-state index contributed by atoms with van der Waals surface area (Å²) in [5.41, 5.74) is 1.15. The van der Waals surface area contributed by atoms with E-state index >= 15 is 0 Å². The van der Waals surface area contributed by atoms with E-state index in [-0.39, 0.29) is 30.0 Å². The highest BCUT2D eigenvalue weighted by Crippen LogP contribution is 2.28. The predicted molar refractivity (Wildman–Crippen MR) is 129 cm³/mol. The van der Waals surface area contributed by atoms with Crippen LogP contribution in [0.4, 0.5) is 0 Å². The van der Waals surface area contributed by atoms with Gasteiger partial charge in [-0.3, -0.25) is 4.99 Å². The third-order valence-electron chi connectivity index (χ3n) is 4.48.